The monoisotopic (exact) mass is 856 g/mol. The SMILES string of the molecule is CCCCC/C=C\C=C/[C@@H](O)C/C=C\C/C=C/CCCC(=O)OC[C@H](COP(=O)(O)OC[C@H](N)C(=O)O)OC(=O)CCCCCCCCCCCCCCCCCCC. The van der Waals surface area contributed by atoms with Crippen LogP contribution in [0.2, 0.25) is 0 Å². The van der Waals surface area contributed by atoms with Crippen LogP contribution in [0.1, 0.15) is 187 Å². The summed E-state index contributed by atoms with van der Waals surface area (Å²) in [5.74, 6) is -2.49. The standard InChI is InChI=1S/C46H82NO11P/c1-3-5-7-9-11-12-13-14-15-16-17-18-19-20-24-29-33-37-45(50)58-42(39-56-59(53,54)57-40-43(47)46(51)52)38-55-44(49)36-32-28-25-21-23-27-31-35-41(48)34-30-26-22-10-8-6-4-2/h21-22,25-27,30-31,34,41-43,48H,3-20,23-24,28-29,32-33,35-40,47H2,1-2H3,(H,51,52)(H,53,54)/b25-21+,26-22-,31-27-,34-30-/t41-,42-,43+/m1/s1. The first-order valence-electron chi connectivity index (χ1n) is 22.8. The van der Waals surface area contributed by atoms with Crippen molar-refractivity contribution in [2.45, 2.75) is 205 Å². The van der Waals surface area contributed by atoms with Crippen LogP contribution in [0.15, 0.2) is 48.6 Å². The number of unbranched alkanes of at least 4 members (excludes halogenated alkanes) is 20. The lowest BCUT2D eigenvalue weighted by Crippen LogP contribution is -2.34. The second-order valence-corrected chi connectivity index (χ2v) is 16.8. The van der Waals surface area contributed by atoms with Crippen LogP contribution in [0.4, 0.5) is 0 Å². The topological polar surface area (TPSA) is 192 Å². The molecule has 0 fully saturated rings. The third kappa shape index (κ3) is 40.6. The smallest absolute Gasteiger partial charge is 0.472 e. The molecule has 4 atom stereocenters. The number of hydrogen-bond donors (Lipinski definition) is 4. The van der Waals surface area contributed by atoms with Gasteiger partial charge in [0.2, 0.25) is 0 Å². The molecular formula is C46H82NO11P. The molecule has 0 aromatic carbocycles. The van der Waals surface area contributed by atoms with Gasteiger partial charge in [-0.25, -0.2) is 4.57 Å². The molecule has 0 amide bonds. The predicted octanol–water partition coefficient (Wildman–Crippen LogP) is 11.1. The van der Waals surface area contributed by atoms with E-state index in [2.05, 4.69) is 24.4 Å². The number of esters is 2. The highest BCUT2D eigenvalue weighted by Gasteiger charge is 2.28. The van der Waals surface area contributed by atoms with E-state index in [-0.39, 0.29) is 12.8 Å². The number of carbonyl (C=O) groups excluding carboxylic acids is 2. The molecule has 5 N–H and O–H groups in total. The average Bonchev–Trinajstić information content (AvgIpc) is 3.21. The molecule has 0 spiro atoms. The lowest BCUT2D eigenvalue weighted by atomic mass is 10.0. The number of carboxylic acid groups (broad SMARTS) is 1. The molecule has 0 rings (SSSR count). The van der Waals surface area contributed by atoms with Gasteiger partial charge in [0.1, 0.15) is 12.6 Å². The van der Waals surface area contributed by atoms with Crippen LogP contribution in [0, 0.1) is 0 Å². The molecule has 0 saturated carbocycles. The summed E-state index contributed by atoms with van der Waals surface area (Å²) in [5, 5.41) is 19.0. The Kier molecular flexibility index (Phi) is 39.0. The summed E-state index contributed by atoms with van der Waals surface area (Å²) in [6.07, 6.45) is 42.0. The van der Waals surface area contributed by atoms with Gasteiger partial charge in [-0.05, 0) is 44.9 Å². The molecule has 0 saturated heterocycles. The van der Waals surface area contributed by atoms with Crippen LogP contribution in [0.5, 0.6) is 0 Å². The van der Waals surface area contributed by atoms with E-state index in [1.54, 1.807) is 6.08 Å². The number of hydrogen-bond acceptors (Lipinski definition) is 10. The lowest BCUT2D eigenvalue weighted by Gasteiger charge is -2.20. The number of rotatable bonds is 42. The van der Waals surface area contributed by atoms with E-state index in [0.717, 1.165) is 25.7 Å². The molecule has 0 aliphatic heterocycles. The van der Waals surface area contributed by atoms with Crippen LogP contribution in [0.3, 0.4) is 0 Å². The number of allylic oxidation sites excluding steroid dienone is 6. The minimum Gasteiger partial charge on any atom is -0.480 e. The first kappa shape index (κ1) is 56.4. The van der Waals surface area contributed by atoms with E-state index >= 15 is 0 Å². The summed E-state index contributed by atoms with van der Waals surface area (Å²) in [7, 11) is -4.74. The number of aliphatic hydroxyl groups excluding tert-OH is 1. The number of ether oxygens (including phenoxy) is 2. The van der Waals surface area contributed by atoms with Gasteiger partial charge in [0.25, 0.3) is 0 Å². The Morgan fingerprint density at radius 2 is 1.12 bits per heavy atom. The first-order valence-corrected chi connectivity index (χ1v) is 24.3. The Morgan fingerprint density at radius 1 is 0.610 bits per heavy atom. The van der Waals surface area contributed by atoms with Gasteiger partial charge >= 0.3 is 25.7 Å². The van der Waals surface area contributed by atoms with Gasteiger partial charge in [0.15, 0.2) is 6.10 Å². The average molecular weight is 856 g/mol. The highest BCUT2D eigenvalue weighted by Crippen LogP contribution is 2.43. The number of phosphoric ester groups is 1. The molecular weight excluding hydrogens is 773 g/mol. The highest BCUT2D eigenvalue weighted by molar-refractivity contribution is 7.47. The zero-order valence-electron chi connectivity index (χ0n) is 36.7. The Labute approximate surface area is 357 Å². The normalized spacial score (nSPS) is 14.7. The van der Waals surface area contributed by atoms with Crippen LogP contribution in [-0.2, 0) is 37.5 Å². The fourth-order valence-corrected chi connectivity index (χ4v) is 6.80. The Bertz CT molecular complexity index is 1210. The number of carboxylic acids is 1. The van der Waals surface area contributed by atoms with Gasteiger partial charge in [-0.3, -0.25) is 23.4 Å². The second kappa shape index (κ2) is 40.8. The first-order chi connectivity index (χ1) is 28.5. The van der Waals surface area contributed by atoms with Crippen molar-refractivity contribution >= 4 is 25.7 Å². The number of aliphatic carboxylic acids is 1. The second-order valence-electron chi connectivity index (χ2n) is 15.4. The van der Waals surface area contributed by atoms with Crippen LogP contribution in [0.25, 0.3) is 0 Å². The maximum atomic E-state index is 12.6. The van der Waals surface area contributed by atoms with Crippen molar-refractivity contribution in [3.63, 3.8) is 0 Å². The van der Waals surface area contributed by atoms with Gasteiger partial charge in [-0.2, -0.15) is 0 Å². The maximum Gasteiger partial charge on any atom is 0.472 e. The summed E-state index contributed by atoms with van der Waals surface area (Å²) in [4.78, 5) is 46.0. The van der Waals surface area contributed by atoms with Gasteiger partial charge < -0.3 is 30.3 Å². The van der Waals surface area contributed by atoms with E-state index in [0.29, 0.717) is 32.1 Å². The number of nitrogens with two attached hydrogens (primary N) is 1. The summed E-state index contributed by atoms with van der Waals surface area (Å²) >= 11 is 0. The van der Waals surface area contributed by atoms with E-state index < -0.39 is 63.8 Å². The van der Waals surface area contributed by atoms with E-state index in [4.69, 9.17) is 24.8 Å². The van der Waals surface area contributed by atoms with Crippen molar-refractivity contribution in [3.05, 3.63) is 48.6 Å². The molecule has 12 nitrogen and oxygen atoms in total. The molecule has 0 aromatic rings. The van der Waals surface area contributed by atoms with Gasteiger partial charge in [-0.15, -0.1) is 0 Å². The van der Waals surface area contributed by atoms with Crippen molar-refractivity contribution in [1.29, 1.82) is 0 Å². The molecule has 1 unspecified atom stereocenters. The van der Waals surface area contributed by atoms with Crippen molar-refractivity contribution in [3.8, 4) is 0 Å². The van der Waals surface area contributed by atoms with E-state index in [1.807, 2.05) is 36.5 Å². The molecule has 0 heterocycles. The number of aliphatic hydroxyl groups is 1. The van der Waals surface area contributed by atoms with Crippen LogP contribution >= 0.6 is 7.82 Å². The van der Waals surface area contributed by atoms with Crippen molar-refractivity contribution in [2.75, 3.05) is 19.8 Å². The van der Waals surface area contributed by atoms with Crippen LogP contribution < -0.4 is 5.73 Å². The van der Waals surface area contributed by atoms with Crippen molar-refractivity contribution in [1.82, 2.24) is 0 Å². The van der Waals surface area contributed by atoms with E-state index in [1.165, 1.54) is 103 Å². The van der Waals surface area contributed by atoms with Gasteiger partial charge in [-0.1, -0.05) is 178 Å². The molecule has 0 aromatic heterocycles. The molecule has 0 aliphatic carbocycles. The van der Waals surface area contributed by atoms with Crippen molar-refractivity contribution in [2.24, 2.45) is 5.73 Å². The number of carbonyl (C=O) groups is 3. The quantitative estimate of drug-likeness (QED) is 0.0150. The number of phosphoric acid groups is 1. The lowest BCUT2D eigenvalue weighted by molar-refractivity contribution is -0.161. The Hall–Kier alpha value is -2.60. The maximum absolute atomic E-state index is 12.6. The molecule has 342 valence electrons. The van der Waals surface area contributed by atoms with Crippen molar-refractivity contribution < 1.29 is 52.6 Å². The molecule has 0 bridgehead atoms. The third-order valence-electron chi connectivity index (χ3n) is 9.66. The minimum atomic E-state index is -4.74. The predicted molar refractivity (Wildman–Crippen MR) is 237 cm³/mol. The summed E-state index contributed by atoms with van der Waals surface area (Å²) in [5.41, 5.74) is 5.33. The summed E-state index contributed by atoms with van der Waals surface area (Å²) in [6, 6.07) is -1.54. The Morgan fingerprint density at radius 3 is 1.71 bits per heavy atom. The largest absolute Gasteiger partial charge is 0.480 e. The van der Waals surface area contributed by atoms with Gasteiger partial charge in [0.05, 0.1) is 19.3 Å². The summed E-state index contributed by atoms with van der Waals surface area (Å²) in [6.45, 7) is 2.65. The molecule has 0 radical (unpaired) electrons. The third-order valence-corrected chi connectivity index (χ3v) is 10.6. The highest BCUT2D eigenvalue weighted by atomic mass is 31.2. The fraction of sp³-hybridized carbons (Fsp3) is 0.761. The Balaban J connectivity index is 4.47. The fourth-order valence-electron chi connectivity index (χ4n) is 6.02. The summed E-state index contributed by atoms with van der Waals surface area (Å²) < 4.78 is 32.6. The minimum absolute atomic E-state index is 0.112. The zero-order chi connectivity index (χ0) is 43.7. The van der Waals surface area contributed by atoms with Crippen LogP contribution in [-0.4, -0.2) is 71.1 Å². The molecule has 59 heavy (non-hydrogen) atoms. The molecule has 13 heteroatoms. The van der Waals surface area contributed by atoms with E-state index in [9.17, 15) is 28.9 Å². The van der Waals surface area contributed by atoms with Gasteiger partial charge in [0, 0.05) is 12.8 Å². The molecule has 0 aliphatic rings. The zero-order valence-corrected chi connectivity index (χ0v) is 37.6.